The number of carbonyl (C=O) groups is 1. The number of carbonyl (C=O) groups excluding carboxylic acids is 1. The van der Waals surface area contributed by atoms with Gasteiger partial charge in [0.25, 0.3) is 0 Å². The Morgan fingerprint density at radius 1 is 1.21 bits per heavy atom. The van der Waals surface area contributed by atoms with Crippen LogP contribution in [0, 0.1) is 6.92 Å². The summed E-state index contributed by atoms with van der Waals surface area (Å²) < 4.78 is 54.9. The minimum absolute atomic E-state index is 0.0884. The highest BCUT2D eigenvalue weighted by molar-refractivity contribution is 5.68. The van der Waals surface area contributed by atoms with E-state index in [2.05, 4.69) is 4.98 Å². The summed E-state index contributed by atoms with van der Waals surface area (Å²) >= 11 is 0. The van der Waals surface area contributed by atoms with E-state index in [1.165, 1.54) is 19.2 Å². The molecule has 1 aliphatic heterocycles. The molecule has 0 aliphatic carbocycles. The molecule has 2 heterocycles. The molecule has 1 amide bonds. The van der Waals surface area contributed by atoms with E-state index >= 15 is 0 Å². The average molecular weight is 474 g/mol. The summed E-state index contributed by atoms with van der Waals surface area (Å²) in [6.45, 7) is 2.58. The molecule has 0 radical (unpaired) electrons. The third kappa shape index (κ3) is 5.35. The van der Waals surface area contributed by atoms with E-state index in [0.717, 1.165) is 30.5 Å². The van der Waals surface area contributed by atoms with Gasteiger partial charge in [-0.25, -0.2) is 9.78 Å². The molecule has 0 saturated carbocycles. The minimum Gasteiger partial charge on any atom is -0.486 e. The van der Waals surface area contributed by atoms with Crippen molar-refractivity contribution in [2.75, 3.05) is 13.7 Å². The summed E-state index contributed by atoms with van der Waals surface area (Å²) in [6.07, 6.45) is -2.13. The molecule has 6 nitrogen and oxygen atoms in total. The van der Waals surface area contributed by atoms with Crippen LogP contribution in [-0.4, -0.2) is 35.7 Å². The van der Waals surface area contributed by atoms with E-state index in [1.54, 1.807) is 11.8 Å². The number of amides is 1. The Balaban J connectivity index is 1.40. The molecule has 34 heavy (non-hydrogen) atoms. The molecule has 1 fully saturated rings. The monoisotopic (exact) mass is 474 g/mol. The summed E-state index contributed by atoms with van der Waals surface area (Å²) in [6, 6.07) is 12.4. The van der Waals surface area contributed by atoms with Gasteiger partial charge in [-0.2, -0.15) is 13.2 Å². The van der Waals surface area contributed by atoms with Gasteiger partial charge in [0.05, 0.1) is 18.4 Å². The number of aromatic nitrogens is 1. The minimum atomic E-state index is -4.39. The first-order valence-electron chi connectivity index (χ1n) is 10.9. The quantitative estimate of drug-likeness (QED) is 0.437. The van der Waals surface area contributed by atoms with Gasteiger partial charge >= 0.3 is 12.3 Å². The summed E-state index contributed by atoms with van der Waals surface area (Å²) in [5.41, 5.74) is 1.37. The van der Waals surface area contributed by atoms with Crippen molar-refractivity contribution in [2.45, 2.75) is 45.0 Å². The fourth-order valence-electron chi connectivity index (χ4n) is 4.08. The Labute approximate surface area is 195 Å². The molecule has 1 aliphatic rings. The van der Waals surface area contributed by atoms with Crippen LogP contribution in [0.3, 0.4) is 0 Å². The van der Waals surface area contributed by atoms with E-state index in [0.29, 0.717) is 35.7 Å². The van der Waals surface area contributed by atoms with Crippen molar-refractivity contribution in [1.82, 2.24) is 9.88 Å². The molecule has 0 bridgehead atoms. The number of hydrogen-bond acceptors (Lipinski definition) is 5. The van der Waals surface area contributed by atoms with Crippen LogP contribution in [0.2, 0.25) is 0 Å². The van der Waals surface area contributed by atoms with Gasteiger partial charge in [0.1, 0.15) is 12.4 Å². The van der Waals surface area contributed by atoms with Gasteiger partial charge in [0, 0.05) is 18.2 Å². The van der Waals surface area contributed by atoms with E-state index in [1.807, 2.05) is 24.3 Å². The predicted octanol–water partition coefficient (Wildman–Crippen LogP) is 6.02. The van der Waals surface area contributed by atoms with E-state index in [4.69, 9.17) is 13.9 Å². The molecular weight excluding hydrogens is 449 g/mol. The second kappa shape index (κ2) is 9.79. The van der Waals surface area contributed by atoms with Crippen LogP contribution >= 0.6 is 0 Å². The third-order valence-electron chi connectivity index (χ3n) is 5.88. The van der Waals surface area contributed by atoms with Crippen LogP contribution in [0.25, 0.3) is 11.5 Å². The summed E-state index contributed by atoms with van der Waals surface area (Å²) in [4.78, 5) is 18.0. The zero-order chi connectivity index (χ0) is 24.3. The van der Waals surface area contributed by atoms with Crippen molar-refractivity contribution in [3.63, 3.8) is 0 Å². The molecule has 2 aromatic carbocycles. The van der Waals surface area contributed by atoms with Gasteiger partial charge in [0.15, 0.2) is 5.76 Å². The Morgan fingerprint density at radius 3 is 2.68 bits per heavy atom. The number of benzene rings is 2. The second-order valence-electron chi connectivity index (χ2n) is 8.20. The maximum Gasteiger partial charge on any atom is 0.416 e. The number of rotatable bonds is 6. The zero-order valence-corrected chi connectivity index (χ0v) is 18.9. The van der Waals surface area contributed by atoms with E-state index in [-0.39, 0.29) is 24.6 Å². The lowest BCUT2D eigenvalue weighted by Crippen LogP contribution is -2.36. The Bertz CT molecular complexity index is 1140. The Kier molecular flexibility index (Phi) is 6.81. The highest BCUT2D eigenvalue weighted by Gasteiger charge is 2.30. The van der Waals surface area contributed by atoms with E-state index < -0.39 is 11.7 Å². The first-order valence-corrected chi connectivity index (χ1v) is 10.9. The first-order chi connectivity index (χ1) is 16.2. The van der Waals surface area contributed by atoms with Crippen LogP contribution in [0.4, 0.5) is 18.0 Å². The number of alkyl halides is 3. The predicted molar refractivity (Wildman–Crippen MR) is 118 cm³/mol. The maximum atomic E-state index is 12.8. The molecule has 1 aromatic heterocycles. The van der Waals surface area contributed by atoms with Gasteiger partial charge in [-0.05, 0) is 68.1 Å². The molecule has 4 rings (SSSR count). The largest absolute Gasteiger partial charge is 0.486 e. The summed E-state index contributed by atoms with van der Waals surface area (Å²) in [5, 5.41) is 0. The molecule has 1 atom stereocenters. The molecule has 9 heteroatoms. The number of ether oxygens (including phenoxy) is 2. The van der Waals surface area contributed by atoms with Gasteiger partial charge in [-0.15, -0.1) is 0 Å². The highest BCUT2D eigenvalue weighted by atomic mass is 19.4. The number of methoxy groups -OCH3 is 1. The van der Waals surface area contributed by atoms with Crippen LogP contribution in [0.15, 0.2) is 52.9 Å². The number of likely N-dealkylation sites (tertiary alicyclic amines) is 1. The summed E-state index contributed by atoms with van der Waals surface area (Å²) in [7, 11) is 1.39. The van der Waals surface area contributed by atoms with Crippen LogP contribution < -0.4 is 4.74 Å². The van der Waals surface area contributed by atoms with Gasteiger partial charge in [-0.1, -0.05) is 12.1 Å². The van der Waals surface area contributed by atoms with Crippen LogP contribution in [-0.2, 0) is 23.9 Å². The molecule has 0 N–H and O–H groups in total. The molecular formula is C25H25F3N2O4. The third-order valence-corrected chi connectivity index (χ3v) is 5.88. The molecule has 3 aromatic rings. The van der Waals surface area contributed by atoms with Crippen molar-refractivity contribution < 1.29 is 31.9 Å². The fraction of sp³-hybridized carbons (Fsp3) is 0.360. The van der Waals surface area contributed by atoms with Gasteiger partial charge in [-0.3, -0.25) is 0 Å². The van der Waals surface area contributed by atoms with Crippen LogP contribution in [0.1, 0.15) is 35.4 Å². The molecule has 180 valence electrons. The average Bonchev–Trinajstić information content (AvgIpc) is 3.43. The van der Waals surface area contributed by atoms with Crippen molar-refractivity contribution in [3.8, 4) is 17.2 Å². The smallest absolute Gasteiger partial charge is 0.416 e. The first kappa shape index (κ1) is 23.7. The number of nitrogens with zero attached hydrogens (tertiary/aromatic N) is 2. The zero-order valence-electron chi connectivity index (χ0n) is 18.9. The number of hydrogen-bond donors (Lipinski definition) is 0. The molecule has 0 spiro atoms. The lowest BCUT2D eigenvalue weighted by Gasteiger charge is -2.23. The normalized spacial score (nSPS) is 16.0. The molecule has 1 saturated heterocycles. The molecule has 0 unspecified atom stereocenters. The van der Waals surface area contributed by atoms with Crippen molar-refractivity contribution >= 4 is 6.09 Å². The van der Waals surface area contributed by atoms with Crippen molar-refractivity contribution in [2.24, 2.45) is 0 Å². The lowest BCUT2D eigenvalue weighted by molar-refractivity contribution is -0.137. The number of halogens is 3. The Hall–Kier alpha value is -3.49. The standard InChI is InChI=1S/C25H25F3N2O4/c1-16-22(34-23(29-16)18-8-10-19(11-9-18)25(26,27)28)15-33-21-7-3-5-17(14-21)13-20-6-4-12-30(20)24(31)32-2/h3,5,7-11,14,20H,4,6,12-13,15H2,1-2H3/t20-/m1/s1. The number of aryl methyl sites for hydroxylation is 1. The Morgan fingerprint density at radius 2 is 1.97 bits per heavy atom. The second-order valence-corrected chi connectivity index (χ2v) is 8.20. The van der Waals surface area contributed by atoms with Crippen molar-refractivity contribution in [3.05, 3.63) is 71.1 Å². The topological polar surface area (TPSA) is 64.8 Å². The lowest BCUT2D eigenvalue weighted by atomic mass is 10.0. The fourth-order valence-corrected chi connectivity index (χ4v) is 4.08. The van der Waals surface area contributed by atoms with Gasteiger partial charge in [0.2, 0.25) is 5.89 Å². The number of oxazole rings is 1. The van der Waals surface area contributed by atoms with Crippen molar-refractivity contribution in [1.29, 1.82) is 0 Å². The highest BCUT2D eigenvalue weighted by Crippen LogP contribution is 2.31. The van der Waals surface area contributed by atoms with E-state index in [9.17, 15) is 18.0 Å². The van der Waals surface area contributed by atoms with Gasteiger partial charge < -0.3 is 18.8 Å². The van der Waals surface area contributed by atoms with Crippen LogP contribution in [0.5, 0.6) is 5.75 Å². The summed E-state index contributed by atoms with van der Waals surface area (Å²) in [5.74, 6) is 1.38. The SMILES string of the molecule is COC(=O)N1CCC[C@@H]1Cc1cccc(OCc2oc(-c3ccc(C(F)(F)F)cc3)nc2C)c1. The maximum absolute atomic E-state index is 12.8.